The highest BCUT2D eigenvalue weighted by Crippen LogP contribution is 2.34. The van der Waals surface area contributed by atoms with Crippen molar-refractivity contribution >= 4 is 31.9 Å². The first kappa shape index (κ1) is 14.5. The summed E-state index contributed by atoms with van der Waals surface area (Å²) in [6.45, 7) is 7.29. The minimum Gasteiger partial charge on any atom is -0.300 e. The number of halogens is 2. The fraction of sp³-hybridized carbons (Fsp3) is 0.769. The van der Waals surface area contributed by atoms with Crippen molar-refractivity contribution in [1.29, 1.82) is 0 Å². The van der Waals surface area contributed by atoms with Gasteiger partial charge in [0, 0.05) is 24.5 Å². The zero-order valence-electron chi connectivity index (χ0n) is 11.3. The van der Waals surface area contributed by atoms with Crippen LogP contribution in [0.15, 0.2) is 4.47 Å². The summed E-state index contributed by atoms with van der Waals surface area (Å²) in [5.41, 5.74) is 2.39. The number of nitrogens with zero attached hydrogens (tertiary/aromatic N) is 3. The summed E-state index contributed by atoms with van der Waals surface area (Å²) in [5.74, 6) is 0.859. The highest BCUT2D eigenvalue weighted by Gasteiger charge is 2.28. The number of aryl methyl sites for hydroxylation is 2. The largest absolute Gasteiger partial charge is 0.300 e. The zero-order chi connectivity index (χ0) is 13.3. The quantitative estimate of drug-likeness (QED) is 0.730. The minimum absolute atomic E-state index is 0.756. The summed E-state index contributed by atoms with van der Waals surface area (Å²) in [6, 6.07) is 0. The normalized spacial score (nSPS) is 23.4. The van der Waals surface area contributed by atoms with Crippen molar-refractivity contribution in [2.24, 2.45) is 5.92 Å². The van der Waals surface area contributed by atoms with Gasteiger partial charge in [-0.2, -0.15) is 5.10 Å². The maximum atomic E-state index is 4.54. The lowest BCUT2D eigenvalue weighted by Gasteiger charge is -2.34. The molecule has 3 nitrogen and oxygen atoms in total. The lowest BCUT2D eigenvalue weighted by atomic mass is 9.85. The van der Waals surface area contributed by atoms with Gasteiger partial charge in [-0.3, -0.25) is 4.68 Å². The summed E-state index contributed by atoms with van der Waals surface area (Å²) in [5, 5.41) is 4.54. The van der Waals surface area contributed by atoms with Gasteiger partial charge in [0.2, 0.25) is 0 Å². The van der Waals surface area contributed by atoms with Crippen LogP contribution < -0.4 is 0 Å². The molecule has 0 unspecified atom stereocenters. The van der Waals surface area contributed by atoms with Gasteiger partial charge in [-0.15, -0.1) is 0 Å². The zero-order valence-corrected chi connectivity index (χ0v) is 14.5. The van der Waals surface area contributed by atoms with Crippen molar-refractivity contribution in [3.8, 4) is 0 Å². The van der Waals surface area contributed by atoms with Gasteiger partial charge in [-0.25, -0.2) is 0 Å². The number of hydrogen-bond donors (Lipinski definition) is 0. The van der Waals surface area contributed by atoms with Crippen LogP contribution in [0.1, 0.15) is 31.2 Å². The lowest BCUT2D eigenvalue weighted by Crippen LogP contribution is -2.34. The van der Waals surface area contributed by atoms with Crippen molar-refractivity contribution < 1.29 is 0 Å². The summed E-state index contributed by atoms with van der Waals surface area (Å²) >= 11 is 7.31. The molecule has 102 valence electrons. The maximum absolute atomic E-state index is 4.54. The third kappa shape index (κ3) is 3.17. The van der Waals surface area contributed by atoms with Crippen molar-refractivity contribution in [1.82, 2.24) is 14.7 Å². The molecular weight excluding hydrogens is 358 g/mol. The predicted molar refractivity (Wildman–Crippen MR) is 82.1 cm³/mol. The molecule has 1 aliphatic carbocycles. The van der Waals surface area contributed by atoms with Gasteiger partial charge >= 0.3 is 0 Å². The van der Waals surface area contributed by atoms with Gasteiger partial charge in [-0.1, -0.05) is 15.9 Å². The molecule has 0 N–H and O–H groups in total. The molecule has 0 saturated heterocycles. The molecule has 0 bridgehead atoms. The van der Waals surface area contributed by atoms with Gasteiger partial charge in [0.05, 0.1) is 15.9 Å². The van der Waals surface area contributed by atoms with Crippen LogP contribution >= 0.6 is 31.9 Å². The van der Waals surface area contributed by atoms with Crippen LogP contribution in [0.3, 0.4) is 0 Å². The molecule has 1 heterocycles. The number of hydrogen-bond acceptors (Lipinski definition) is 2. The van der Waals surface area contributed by atoms with Crippen molar-refractivity contribution in [3.05, 3.63) is 15.9 Å². The van der Waals surface area contributed by atoms with Crippen molar-refractivity contribution in [3.63, 3.8) is 0 Å². The molecule has 1 aromatic rings. The Labute approximate surface area is 126 Å². The molecule has 0 radical (unpaired) electrons. The van der Waals surface area contributed by atoms with E-state index in [9.17, 15) is 0 Å². The van der Waals surface area contributed by atoms with Crippen LogP contribution in [0.25, 0.3) is 0 Å². The molecule has 0 amide bonds. The van der Waals surface area contributed by atoms with Gasteiger partial charge in [-0.05, 0) is 55.6 Å². The first-order valence-corrected chi connectivity index (χ1v) is 8.26. The van der Waals surface area contributed by atoms with E-state index < -0.39 is 0 Å². The fourth-order valence-electron chi connectivity index (χ4n) is 2.58. The average molecular weight is 379 g/mol. The Hall–Kier alpha value is 0.130. The van der Waals surface area contributed by atoms with E-state index in [-0.39, 0.29) is 0 Å². The van der Waals surface area contributed by atoms with Gasteiger partial charge in [0.25, 0.3) is 0 Å². The van der Waals surface area contributed by atoms with Crippen molar-refractivity contribution in [2.45, 2.75) is 44.6 Å². The monoisotopic (exact) mass is 377 g/mol. The molecule has 5 heteroatoms. The molecule has 1 aromatic heterocycles. The first-order valence-electron chi connectivity index (χ1n) is 6.55. The second kappa shape index (κ2) is 6.06. The summed E-state index contributed by atoms with van der Waals surface area (Å²) in [4.78, 5) is 3.17. The second-order valence-electron chi connectivity index (χ2n) is 5.29. The summed E-state index contributed by atoms with van der Waals surface area (Å²) < 4.78 is 3.27. The van der Waals surface area contributed by atoms with Crippen LogP contribution in [0.5, 0.6) is 0 Å². The molecule has 0 aliphatic heterocycles. The Morgan fingerprint density at radius 2 is 2.11 bits per heavy atom. The van der Waals surface area contributed by atoms with E-state index in [1.807, 2.05) is 0 Å². The molecule has 18 heavy (non-hydrogen) atoms. The Morgan fingerprint density at radius 1 is 1.44 bits per heavy atom. The molecule has 0 aromatic carbocycles. The number of rotatable bonds is 5. The van der Waals surface area contributed by atoms with Crippen LogP contribution in [0.4, 0.5) is 0 Å². The average Bonchev–Trinajstić information content (AvgIpc) is 2.55. The molecular formula is C13H21Br2N3. The molecule has 2 rings (SSSR count). The summed E-state index contributed by atoms with van der Waals surface area (Å²) in [6.07, 6.45) is 2.63. The smallest absolute Gasteiger partial charge is 0.0739 e. The highest BCUT2D eigenvalue weighted by atomic mass is 79.9. The van der Waals surface area contributed by atoms with Crippen molar-refractivity contribution in [2.75, 3.05) is 13.6 Å². The van der Waals surface area contributed by atoms with E-state index in [4.69, 9.17) is 0 Å². The van der Waals surface area contributed by atoms with Gasteiger partial charge in [0.15, 0.2) is 0 Å². The number of aromatic nitrogens is 2. The van der Waals surface area contributed by atoms with E-state index in [0.29, 0.717) is 0 Å². The van der Waals surface area contributed by atoms with E-state index in [2.05, 4.69) is 67.4 Å². The summed E-state index contributed by atoms with van der Waals surface area (Å²) in [7, 11) is 2.20. The highest BCUT2D eigenvalue weighted by molar-refractivity contribution is 9.10. The van der Waals surface area contributed by atoms with Gasteiger partial charge in [0.1, 0.15) is 0 Å². The number of alkyl halides is 1. The molecule has 1 aliphatic rings. The second-order valence-corrected chi connectivity index (χ2v) is 7.38. The van der Waals surface area contributed by atoms with E-state index in [1.165, 1.54) is 29.6 Å². The topological polar surface area (TPSA) is 21.1 Å². The third-order valence-electron chi connectivity index (χ3n) is 3.62. The maximum Gasteiger partial charge on any atom is 0.0739 e. The van der Waals surface area contributed by atoms with Crippen LogP contribution in [-0.2, 0) is 13.1 Å². The van der Waals surface area contributed by atoms with Crippen LogP contribution in [0.2, 0.25) is 0 Å². The molecule has 1 fully saturated rings. The SMILES string of the molecule is CCn1nc(C)c(Br)c1CN(C)CC1CC(Br)C1. The minimum atomic E-state index is 0.756. The van der Waals surface area contributed by atoms with E-state index in [1.54, 1.807) is 0 Å². The Balaban J connectivity index is 1.95. The first-order chi connectivity index (χ1) is 8.51. The van der Waals surface area contributed by atoms with E-state index >= 15 is 0 Å². The third-order valence-corrected chi connectivity index (χ3v) is 5.40. The molecule has 0 spiro atoms. The van der Waals surface area contributed by atoms with Crippen LogP contribution in [-0.4, -0.2) is 33.1 Å². The van der Waals surface area contributed by atoms with Gasteiger partial charge < -0.3 is 4.90 Å². The standard InChI is InChI=1S/C13H21Br2N3/c1-4-18-12(13(15)9(2)16-18)8-17(3)7-10-5-11(14)6-10/h10-11H,4-8H2,1-3H3. The predicted octanol–water partition coefficient (Wildman–Crippen LogP) is 3.58. The lowest BCUT2D eigenvalue weighted by molar-refractivity contribution is 0.204. The Bertz CT molecular complexity index is 411. The molecule has 1 saturated carbocycles. The van der Waals surface area contributed by atoms with Crippen LogP contribution in [0, 0.1) is 12.8 Å². The molecule has 0 atom stereocenters. The fourth-order valence-corrected chi connectivity index (χ4v) is 4.05. The van der Waals surface area contributed by atoms with E-state index in [0.717, 1.165) is 29.5 Å². The Kier molecular flexibility index (Phi) is 4.89. The Morgan fingerprint density at radius 3 is 2.67 bits per heavy atom.